The van der Waals surface area contributed by atoms with Gasteiger partial charge < -0.3 is 0 Å². The quantitative estimate of drug-likeness (QED) is 0.513. The van der Waals surface area contributed by atoms with E-state index in [9.17, 15) is 4.79 Å². The molecule has 3 heteroatoms. The topological polar surface area (TPSA) is 41.5 Å². The highest BCUT2D eigenvalue weighted by Crippen LogP contribution is 2.20. The van der Waals surface area contributed by atoms with Crippen molar-refractivity contribution in [2.24, 2.45) is 11.0 Å². The summed E-state index contributed by atoms with van der Waals surface area (Å²) in [7, 11) is 0. The highest BCUT2D eigenvalue weighted by Gasteiger charge is 2.13. The van der Waals surface area contributed by atoms with Gasteiger partial charge in [0, 0.05) is 12.1 Å². The second kappa shape index (κ2) is 9.99. The molecule has 0 spiro atoms. The Morgan fingerprint density at radius 3 is 2.47 bits per heavy atom. The molecule has 0 aromatic heterocycles. The van der Waals surface area contributed by atoms with Crippen LogP contribution in [0.3, 0.4) is 0 Å². The van der Waals surface area contributed by atoms with Gasteiger partial charge in [0.05, 0.1) is 0 Å². The number of nitrogens with one attached hydrogen (secondary N) is 1. The maximum atomic E-state index is 11.6. The third kappa shape index (κ3) is 8.02. The highest BCUT2D eigenvalue weighted by molar-refractivity contribution is 5.86. The summed E-state index contributed by atoms with van der Waals surface area (Å²) in [6.07, 6.45) is 12.5. The fraction of sp³-hybridized carbons (Fsp3) is 0.875. The normalized spacial score (nSPS) is 19.3. The summed E-state index contributed by atoms with van der Waals surface area (Å²) in [5, 5.41) is 4.26. The number of hydrogen-bond acceptors (Lipinski definition) is 2. The first kappa shape index (κ1) is 16.2. The van der Waals surface area contributed by atoms with Crippen LogP contribution in [0.5, 0.6) is 0 Å². The molecule has 0 unspecified atom stereocenters. The molecule has 3 nitrogen and oxygen atoms in total. The molecule has 0 radical (unpaired) electrons. The van der Waals surface area contributed by atoms with Gasteiger partial charge in [0.1, 0.15) is 0 Å². The lowest BCUT2D eigenvalue weighted by molar-refractivity contribution is -0.121. The van der Waals surface area contributed by atoms with Crippen LogP contribution in [0.25, 0.3) is 0 Å². The van der Waals surface area contributed by atoms with Gasteiger partial charge in [-0.3, -0.25) is 4.79 Å². The van der Waals surface area contributed by atoms with Crippen LogP contribution < -0.4 is 5.43 Å². The van der Waals surface area contributed by atoms with Crippen molar-refractivity contribution >= 4 is 11.6 Å². The summed E-state index contributed by atoms with van der Waals surface area (Å²) >= 11 is 0. The average Bonchev–Trinajstić information content (AvgIpc) is 2.42. The van der Waals surface area contributed by atoms with Gasteiger partial charge >= 0.3 is 0 Å². The largest absolute Gasteiger partial charge is 0.273 e. The molecule has 0 atom stereocenters. The molecule has 1 fully saturated rings. The van der Waals surface area contributed by atoms with Gasteiger partial charge in [-0.1, -0.05) is 46.0 Å². The Kier molecular flexibility index (Phi) is 8.52. The molecule has 0 aromatic rings. The van der Waals surface area contributed by atoms with E-state index in [0.29, 0.717) is 6.42 Å². The van der Waals surface area contributed by atoms with Crippen molar-refractivity contribution < 1.29 is 4.79 Å². The second-order valence-corrected chi connectivity index (χ2v) is 5.91. The third-order valence-corrected chi connectivity index (χ3v) is 3.95. The van der Waals surface area contributed by atoms with Crippen molar-refractivity contribution in [2.45, 2.75) is 84.5 Å². The fourth-order valence-corrected chi connectivity index (χ4v) is 2.47. The van der Waals surface area contributed by atoms with Crippen molar-refractivity contribution in [3.63, 3.8) is 0 Å². The Hall–Kier alpha value is -0.860. The van der Waals surface area contributed by atoms with E-state index in [1.165, 1.54) is 50.7 Å². The van der Waals surface area contributed by atoms with Crippen LogP contribution in [-0.4, -0.2) is 11.6 Å². The summed E-state index contributed by atoms with van der Waals surface area (Å²) < 4.78 is 0. The van der Waals surface area contributed by atoms with Crippen LogP contribution in [0.2, 0.25) is 0 Å². The minimum Gasteiger partial charge on any atom is -0.273 e. The number of nitrogens with zero attached hydrogens (tertiary/aromatic N) is 1. The van der Waals surface area contributed by atoms with Gasteiger partial charge in [-0.15, -0.1) is 0 Å². The molecule has 0 aliphatic heterocycles. The highest BCUT2D eigenvalue weighted by atomic mass is 16.2. The van der Waals surface area contributed by atoms with Crippen LogP contribution >= 0.6 is 0 Å². The SMILES string of the molecule is CCCCCCCCC(=O)NN=C1CCC(C)CC1. The smallest absolute Gasteiger partial charge is 0.240 e. The zero-order chi connectivity index (χ0) is 13.9. The summed E-state index contributed by atoms with van der Waals surface area (Å²) in [4.78, 5) is 11.6. The molecule has 0 bridgehead atoms. The Morgan fingerprint density at radius 1 is 1.16 bits per heavy atom. The van der Waals surface area contributed by atoms with Gasteiger partial charge in [-0.05, 0) is 38.0 Å². The van der Waals surface area contributed by atoms with E-state index in [2.05, 4.69) is 24.4 Å². The number of amides is 1. The monoisotopic (exact) mass is 266 g/mol. The van der Waals surface area contributed by atoms with E-state index >= 15 is 0 Å². The van der Waals surface area contributed by atoms with Crippen molar-refractivity contribution in [2.75, 3.05) is 0 Å². The van der Waals surface area contributed by atoms with Gasteiger partial charge in [-0.25, -0.2) is 5.43 Å². The van der Waals surface area contributed by atoms with E-state index in [1.54, 1.807) is 0 Å². The first-order valence-corrected chi connectivity index (χ1v) is 8.06. The standard InChI is InChI=1S/C16H30N2O/c1-3-4-5-6-7-8-9-16(19)18-17-15-12-10-14(2)11-13-15/h14H,3-13H2,1-2H3,(H,18,19). The number of unbranched alkanes of at least 4 members (excludes halogenated alkanes) is 5. The summed E-state index contributed by atoms with van der Waals surface area (Å²) in [5.41, 5.74) is 3.89. The van der Waals surface area contributed by atoms with Crippen molar-refractivity contribution in [3.05, 3.63) is 0 Å². The molecule has 1 aliphatic rings. The molecule has 0 aromatic carbocycles. The second-order valence-electron chi connectivity index (χ2n) is 5.91. The first-order valence-electron chi connectivity index (χ1n) is 8.06. The predicted octanol–water partition coefficient (Wildman–Crippen LogP) is 4.42. The van der Waals surface area contributed by atoms with Gasteiger partial charge in [0.2, 0.25) is 5.91 Å². The Labute approximate surface area is 118 Å². The lowest BCUT2D eigenvalue weighted by Gasteiger charge is -2.18. The lowest BCUT2D eigenvalue weighted by Crippen LogP contribution is -2.21. The minimum absolute atomic E-state index is 0.0848. The molecular weight excluding hydrogens is 236 g/mol. The number of carbonyl (C=O) groups is 1. The molecule has 1 rings (SSSR count). The predicted molar refractivity (Wildman–Crippen MR) is 81.2 cm³/mol. The zero-order valence-electron chi connectivity index (χ0n) is 12.7. The molecule has 110 valence electrons. The molecule has 1 amide bonds. The summed E-state index contributed by atoms with van der Waals surface area (Å²) in [6.45, 7) is 4.51. The fourth-order valence-electron chi connectivity index (χ4n) is 2.47. The molecule has 1 saturated carbocycles. The van der Waals surface area contributed by atoms with Crippen molar-refractivity contribution in [1.82, 2.24) is 5.43 Å². The minimum atomic E-state index is 0.0848. The van der Waals surface area contributed by atoms with Crippen LogP contribution in [0.15, 0.2) is 5.10 Å². The first-order chi connectivity index (χ1) is 9.22. The van der Waals surface area contributed by atoms with Crippen molar-refractivity contribution in [1.29, 1.82) is 0 Å². The molecule has 1 aliphatic carbocycles. The average molecular weight is 266 g/mol. The van der Waals surface area contributed by atoms with Gasteiger partial charge in [-0.2, -0.15) is 5.10 Å². The molecule has 1 N–H and O–H groups in total. The number of hydrogen-bond donors (Lipinski definition) is 1. The Morgan fingerprint density at radius 2 is 1.79 bits per heavy atom. The van der Waals surface area contributed by atoms with E-state index in [0.717, 1.165) is 25.2 Å². The Bertz CT molecular complexity index is 276. The maximum Gasteiger partial charge on any atom is 0.240 e. The number of rotatable bonds is 8. The summed E-state index contributed by atoms with van der Waals surface area (Å²) in [6, 6.07) is 0. The van der Waals surface area contributed by atoms with E-state index in [4.69, 9.17) is 0 Å². The third-order valence-electron chi connectivity index (χ3n) is 3.95. The summed E-state index contributed by atoms with van der Waals surface area (Å²) in [5.74, 6) is 0.902. The molecule has 0 saturated heterocycles. The van der Waals surface area contributed by atoms with Crippen molar-refractivity contribution in [3.8, 4) is 0 Å². The maximum absolute atomic E-state index is 11.6. The van der Waals surface area contributed by atoms with E-state index in [1.807, 2.05) is 0 Å². The van der Waals surface area contributed by atoms with E-state index in [-0.39, 0.29) is 5.91 Å². The van der Waals surface area contributed by atoms with Gasteiger partial charge in [0.25, 0.3) is 0 Å². The van der Waals surface area contributed by atoms with Crippen LogP contribution in [0.4, 0.5) is 0 Å². The van der Waals surface area contributed by atoms with E-state index < -0.39 is 0 Å². The molecule has 0 heterocycles. The van der Waals surface area contributed by atoms with Crippen LogP contribution in [0, 0.1) is 5.92 Å². The van der Waals surface area contributed by atoms with Crippen LogP contribution in [0.1, 0.15) is 84.5 Å². The lowest BCUT2D eigenvalue weighted by atomic mass is 9.90. The van der Waals surface area contributed by atoms with Gasteiger partial charge in [0.15, 0.2) is 0 Å². The zero-order valence-corrected chi connectivity index (χ0v) is 12.7. The van der Waals surface area contributed by atoms with Crippen LogP contribution in [-0.2, 0) is 4.79 Å². The molecular formula is C16H30N2O. The number of hydrazone groups is 1. The molecule has 19 heavy (non-hydrogen) atoms. The number of carbonyl (C=O) groups excluding carboxylic acids is 1. The Balaban J connectivity index is 2.03.